The van der Waals surface area contributed by atoms with Crippen LogP contribution in [0.5, 0.6) is 0 Å². The molecule has 2 unspecified atom stereocenters. The van der Waals surface area contributed by atoms with Crippen molar-refractivity contribution in [2.24, 2.45) is 0 Å². The third-order valence-corrected chi connectivity index (χ3v) is 3.50. The van der Waals surface area contributed by atoms with Gasteiger partial charge in [-0.2, -0.15) is 0 Å². The van der Waals surface area contributed by atoms with Crippen molar-refractivity contribution in [1.82, 2.24) is 0 Å². The summed E-state index contributed by atoms with van der Waals surface area (Å²) in [6.45, 7) is 2.17. The zero-order valence-electron chi connectivity index (χ0n) is 9.97. The first-order chi connectivity index (χ1) is 8.28. The molecule has 0 saturated carbocycles. The molecular weight excluding hydrogens is 208 g/mol. The molecular formula is C16H16O. The second-order valence-corrected chi connectivity index (χ2v) is 4.79. The zero-order valence-corrected chi connectivity index (χ0v) is 9.97. The van der Waals surface area contributed by atoms with Gasteiger partial charge in [0.25, 0.3) is 0 Å². The summed E-state index contributed by atoms with van der Waals surface area (Å²) in [5.41, 5.74) is 2.33. The molecule has 0 radical (unpaired) electrons. The van der Waals surface area contributed by atoms with Crippen molar-refractivity contribution in [1.29, 1.82) is 0 Å². The van der Waals surface area contributed by atoms with E-state index in [0.29, 0.717) is 0 Å². The first-order valence-electron chi connectivity index (χ1n) is 6.06. The monoisotopic (exact) mass is 224 g/mol. The standard InChI is InChI=1S/C16H16O/c1-16-12-6-5-9-14(16)10-11-15(17-16)13-7-3-2-4-8-13/h2-11,15H,12H2,1H3. The molecule has 1 aliphatic heterocycles. The fourth-order valence-electron chi connectivity index (χ4n) is 2.44. The third-order valence-electron chi connectivity index (χ3n) is 3.50. The Bertz CT molecular complexity index is 496. The van der Waals surface area contributed by atoms with E-state index in [9.17, 15) is 0 Å². The summed E-state index contributed by atoms with van der Waals surface area (Å²) in [7, 11) is 0. The molecule has 1 aliphatic carbocycles. The second-order valence-electron chi connectivity index (χ2n) is 4.79. The average molecular weight is 224 g/mol. The molecule has 0 fully saturated rings. The number of hydrogen-bond acceptors (Lipinski definition) is 1. The van der Waals surface area contributed by atoms with Crippen LogP contribution in [0.2, 0.25) is 0 Å². The maximum absolute atomic E-state index is 6.26. The Hall–Kier alpha value is -1.60. The van der Waals surface area contributed by atoms with Gasteiger partial charge in [-0.3, -0.25) is 0 Å². The molecule has 0 N–H and O–H groups in total. The largest absolute Gasteiger partial charge is 0.358 e. The highest BCUT2D eigenvalue weighted by Crippen LogP contribution is 2.39. The van der Waals surface area contributed by atoms with E-state index in [1.54, 1.807) is 0 Å². The summed E-state index contributed by atoms with van der Waals surface area (Å²) in [5, 5.41) is 0. The van der Waals surface area contributed by atoms with Gasteiger partial charge >= 0.3 is 0 Å². The molecule has 1 heterocycles. The van der Waals surface area contributed by atoms with E-state index in [4.69, 9.17) is 4.74 Å². The van der Waals surface area contributed by atoms with Crippen molar-refractivity contribution in [3.05, 3.63) is 71.8 Å². The Balaban J connectivity index is 1.94. The summed E-state index contributed by atoms with van der Waals surface area (Å²) in [6.07, 6.45) is 11.8. The van der Waals surface area contributed by atoms with Gasteiger partial charge in [0.2, 0.25) is 0 Å². The van der Waals surface area contributed by atoms with Crippen molar-refractivity contribution in [2.75, 3.05) is 0 Å². The quantitative estimate of drug-likeness (QED) is 0.701. The summed E-state index contributed by atoms with van der Waals surface area (Å²) in [4.78, 5) is 0. The fourth-order valence-corrected chi connectivity index (χ4v) is 2.44. The van der Waals surface area contributed by atoms with E-state index in [0.717, 1.165) is 6.42 Å². The van der Waals surface area contributed by atoms with Crippen molar-refractivity contribution >= 4 is 0 Å². The lowest BCUT2D eigenvalue weighted by molar-refractivity contribution is -0.0424. The van der Waals surface area contributed by atoms with Crippen LogP contribution in [0.15, 0.2) is 66.3 Å². The molecule has 1 nitrogen and oxygen atoms in total. The lowest BCUT2D eigenvalue weighted by Gasteiger charge is -2.38. The minimum atomic E-state index is -0.163. The van der Waals surface area contributed by atoms with Gasteiger partial charge in [-0.15, -0.1) is 0 Å². The Kier molecular flexibility index (Phi) is 2.49. The van der Waals surface area contributed by atoms with Crippen LogP contribution in [-0.2, 0) is 4.74 Å². The predicted octanol–water partition coefficient (Wildman–Crippen LogP) is 3.96. The van der Waals surface area contributed by atoms with Crippen LogP contribution >= 0.6 is 0 Å². The van der Waals surface area contributed by atoms with Crippen LogP contribution in [0.1, 0.15) is 25.0 Å². The molecule has 1 aromatic rings. The summed E-state index contributed by atoms with van der Waals surface area (Å²) in [6, 6.07) is 10.4. The number of rotatable bonds is 1. The number of benzene rings is 1. The Labute approximate surface area is 102 Å². The lowest BCUT2D eigenvalue weighted by atomic mass is 9.85. The van der Waals surface area contributed by atoms with Crippen molar-refractivity contribution in [3.63, 3.8) is 0 Å². The van der Waals surface area contributed by atoms with Gasteiger partial charge in [0, 0.05) is 0 Å². The molecule has 1 heteroatoms. The molecule has 3 rings (SSSR count). The molecule has 0 amide bonds. The molecule has 0 aromatic heterocycles. The van der Waals surface area contributed by atoms with Crippen molar-refractivity contribution in [3.8, 4) is 0 Å². The van der Waals surface area contributed by atoms with Crippen LogP contribution in [-0.4, -0.2) is 5.60 Å². The van der Waals surface area contributed by atoms with Gasteiger partial charge in [-0.05, 0) is 24.5 Å². The smallest absolute Gasteiger partial charge is 0.102 e. The van der Waals surface area contributed by atoms with Gasteiger partial charge in [0.05, 0.1) is 5.60 Å². The summed E-state index contributed by atoms with van der Waals surface area (Å²) >= 11 is 0. The molecule has 0 bridgehead atoms. The van der Waals surface area contributed by atoms with Crippen molar-refractivity contribution in [2.45, 2.75) is 25.0 Å². The normalized spacial score (nSPS) is 30.9. The maximum atomic E-state index is 6.26. The minimum absolute atomic E-state index is 0.0739. The molecule has 2 aliphatic rings. The highest BCUT2D eigenvalue weighted by atomic mass is 16.5. The van der Waals surface area contributed by atoms with E-state index in [-0.39, 0.29) is 11.7 Å². The van der Waals surface area contributed by atoms with Crippen LogP contribution in [0.25, 0.3) is 0 Å². The molecule has 1 aromatic carbocycles. The van der Waals surface area contributed by atoms with Gasteiger partial charge in [0.15, 0.2) is 0 Å². The fraction of sp³-hybridized carbons (Fsp3) is 0.250. The van der Waals surface area contributed by atoms with E-state index in [2.05, 4.69) is 61.6 Å². The van der Waals surface area contributed by atoms with Crippen LogP contribution in [0.3, 0.4) is 0 Å². The average Bonchev–Trinajstić information content (AvgIpc) is 2.38. The topological polar surface area (TPSA) is 9.23 Å². The molecule has 17 heavy (non-hydrogen) atoms. The summed E-state index contributed by atoms with van der Waals surface area (Å²) in [5.74, 6) is 0. The number of fused-ring (bicyclic) bond motifs is 1. The molecule has 2 atom stereocenters. The molecule has 0 spiro atoms. The van der Waals surface area contributed by atoms with Crippen LogP contribution in [0.4, 0.5) is 0 Å². The van der Waals surface area contributed by atoms with E-state index in [1.165, 1.54) is 11.1 Å². The van der Waals surface area contributed by atoms with Gasteiger partial charge in [-0.25, -0.2) is 0 Å². The van der Waals surface area contributed by atoms with E-state index >= 15 is 0 Å². The Morgan fingerprint density at radius 1 is 1.24 bits per heavy atom. The van der Waals surface area contributed by atoms with Gasteiger partial charge in [-0.1, -0.05) is 60.7 Å². The van der Waals surface area contributed by atoms with Crippen LogP contribution in [0, 0.1) is 0 Å². The zero-order chi connectivity index (χ0) is 11.7. The number of ether oxygens (including phenoxy) is 1. The van der Waals surface area contributed by atoms with Gasteiger partial charge in [0.1, 0.15) is 6.10 Å². The van der Waals surface area contributed by atoms with Crippen molar-refractivity contribution < 1.29 is 4.74 Å². The summed E-state index contributed by atoms with van der Waals surface area (Å²) < 4.78 is 6.26. The SMILES string of the molecule is CC12CC=CC=C1C=CC(c1ccccc1)O2. The van der Waals surface area contributed by atoms with E-state index < -0.39 is 0 Å². The predicted molar refractivity (Wildman–Crippen MR) is 69.7 cm³/mol. The van der Waals surface area contributed by atoms with E-state index in [1.807, 2.05) is 6.07 Å². The Morgan fingerprint density at radius 2 is 2.06 bits per heavy atom. The maximum Gasteiger partial charge on any atom is 0.102 e. The Morgan fingerprint density at radius 3 is 2.88 bits per heavy atom. The molecule has 86 valence electrons. The minimum Gasteiger partial charge on any atom is -0.358 e. The first kappa shape index (κ1) is 10.5. The number of allylic oxidation sites excluding steroid dienone is 2. The highest BCUT2D eigenvalue weighted by molar-refractivity contribution is 5.40. The first-order valence-corrected chi connectivity index (χ1v) is 6.06. The van der Waals surface area contributed by atoms with Crippen LogP contribution < -0.4 is 0 Å². The highest BCUT2D eigenvalue weighted by Gasteiger charge is 2.34. The second kappa shape index (κ2) is 4.01. The van der Waals surface area contributed by atoms with Gasteiger partial charge < -0.3 is 4.74 Å². The third kappa shape index (κ3) is 1.87. The lowest BCUT2D eigenvalue weighted by Crippen LogP contribution is -2.35. The molecule has 0 saturated heterocycles. The number of hydrogen-bond donors (Lipinski definition) is 0.